The van der Waals surface area contributed by atoms with Crippen molar-refractivity contribution in [3.8, 4) is 0 Å². The van der Waals surface area contributed by atoms with Gasteiger partial charge in [-0.15, -0.1) is 0 Å². The predicted molar refractivity (Wildman–Crippen MR) is 66.5 cm³/mol. The van der Waals surface area contributed by atoms with E-state index in [2.05, 4.69) is 41.5 Å². The van der Waals surface area contributed by atoms with Crippen molar-refractivity contribution in [2.24, 2.45) is 17.3 Å². The quantitative estimate of drug-likeness (QED) is 0.522. The van der Waals surface area contributed by atoms with Crippen LogP contribution in [0.5, 0.6) is 0 Å². The molecule has 0 aliphatic rings. The molecule has 0 saturated heterocycles. The zero-order valence-corrected chi connectivity index (χ0v) is 11.2. The van der Waals surface area contributed by atoms with Gasteiger partial charge < -0.3 is 0 Å². The lowest BCUT2D eigenvalue weighted by Gasteiger charge is -2.36. The molecule has 0 bridgehead atoms. The zero-order valence-electron chi connectivity index (χ0n) is 11.2. The van der Waals surface area contributed by atoms with E-state index in [0.717, 1.165) is 11.8 Å². The largest absolute Gasteiger partial charge is 0.0654 e. The van der Waals surface area contributed by atoms with Crippen LogP contribution < -0.4 is 0 Å². The zero-order chi connectivity index (χ0) is 11.2. The van der Waals surface area contributed by atoms with Gasteiger partial charge in [-0.25, -0.2) is 0 Å². The molecular formula is C14H30. The maximum absolute atomic E-state index is 2.46. The molecule has 0 fully saturated rings. The Hall–Kier alpha value is 0. The third-order valence-electron chi connectivity index (χ3n) is 3.81. The minimum atomic E-state index is 0.542. The van der Waals surface area contributed by atoms with E-state index in [1.54, 1.807) is 0 Å². The first-order valence-electron chi connectivity index (χ1n) is 6.47. The Kier molecular flexibility index (Phi) is 6.48. The molecular weight excluding hydrogens is 168 g/mol. The fourth-order valence-corrected chi connectivity index (χ4v) is 2.71. The molecule has 86 valence electrons. The van der Waals surface area contributed by atoms with Gasteiger partial charge in [0, 0.05) is 0 Å². The first-order valence-corrected chi connectivity index (χ1v) is 6.47. The van der Waals surface area contributed by atoms with Crippen molar-refractivity contribution in [2.75, 3.05) is 0 Å². The van der Waals surface area contributed by atoms with E-state index in [4.69, 9.17) is 0 Å². The second-order valence-corrected chi connectivity index (χ2v) is 5.60. The highest BCUT2D eigenvalue weighted by Gasteiger charge is 2.28. The Labute approximate surface area is 91.5 Å². The van der Waals surface area contributed by atoms with Crippen molar-refractivity contribution in [2.45, 2.75) is 73.6 Å². The monoisotopic (exact) mass is 198 g/mol. The maximum Gasteiger partial charge on any atom is -0.0323 e. The van der Waals surface area contributed by atoms with Crippen molar-refractivity contribution >= 4 is 0 Å². The summed E-state index contributed by atoms with van der Waals surface area (Å²) in [5.41, 5.74) is 0.542. The summed E-state index contributed by atoms with van der Waals surface area (Å²) in [6.07, 6.45) is 6.80. The van der Waals surface area contributed by atoms with Gasteiger partial charge in [-0.05, 0) is 23.7 Å². The highest BCUT2D eigenvalue weighted by Crippen LogP contribution is 2.39. The molecule has 0 spiro atoms. The minimum Gasteiger partial charge on any atom is -0.0654 e. The third kappa shape index (κ3) is 4.48. The molecule has 0 saturated carbocycles. The summed E-state index contributed by atoms with van der Waals surface area (Å²) in [6.45, 7) is 14.3. The van der Waals surface area contributed by atoms with Crippen molar-refractivity contribution < 1.29 is 0 Å². The van der Waals surface area contributed by atoms with Gasteiger partial charge in [-0.3, -0.25) is 0 Å². The Morgan fingerprint density at radius 3 is 1.93 bits per heavy atom. The van der Waals surface area contributed by atoms with Gasteiger partial charge in [-0.2, -0.15) is 0 Å². The lowest BCUT2D eigenvalue weighted by atomic mass is 9.70. The molecule has 0 aromatic rings. The first-order chi connectivity index (χ1) is 6.47. The third-order valence-corrected chi connectivity index (χ3v) is 3.81. The van der Waals surface area contributed by atoms with Crippen molar-refractivity contribution in [1.82, 2.24) is 0 Å². The molecule has 0 heterocycles. The number of hydrogen-bond acceptors (Lipinski definition) is 0. The summed E-state index contributed by atoms with van der Waals surface area (Å²) < 4.78 is 0. The van der Waals surface area contributed by atoms with E-state index in [9.17, 15) is 0 Å². The molecule has 0 nitrogen and oxygen atoms in total. The Bertz CT molecular complexity index is 135. The van der Waals surface area contributed by atoms with Gasteiger partial charge in [0.05, 0.1) is 0 Å². The lowest BCUT2D eigenvalue weighted by molar-refractivity contribution is 0.148. The predicted octanol–water partition coefficient (Wildman–Crippen LogP) is 5.28. The molecule has 0 aromatic carbocycles. The summed E-state index contributed by atoms with van der Waals surface area (Å²) in [5, 5.41) is 0. The van der Waals surface area contributed by atoms with Crippen LogP contribution in [0.15, 0.2) is 0 Å². The Morgan fingerprint density at radius 2 is 1.57 bits per heavy atom. The van der Waals surface area contributed by atoms with Gasteiger partial charge >= 0.3 is 0 Å². The number of hydrogen-bond donors (Lipinski definition) is 0. The van der Waals surface area contributed by atoms with Crippen LogP contribution in [0.2, 0.25) is 0 Å². The van der Waals surface area contributed by atoms with E-state index in [-0.39, 0.29) is 0 Å². The van der Waals surface area contributed by atoms with Crippen LogP contribution >= 0.6 is 0 Å². The molecule has 0 amide bonds. The van der Waals surface area contributed by atoms with Crippen LogP contribution in [0, 0.1) is 17.3 Å². The van der Waals surface area contributed by atoms with Crippen molar-refractivity contribution in [3.05, 3.63) is 0 Å². The molecule has 2 atom stereocenters. The van der Waals surface area contributed by atoms with E-state index < -0.39 is 0 Å². The molecule has 0 aliphatic carbocycles. The molecule has 0 rings (SSSR count). The van der Waals surface area contributed by atoms with Gasteiger partial charge in [0.25, 0.3) is 0 Å². The van der Waals surface area contributed by atoms with E-state index in [1.807, 2.05) is 0 Å². The molecule has 0 heteroatoms. The summed E-state index contributed by atoms with van der Waals surface area (Å²) >= 11 is 0. The lowest BCUT2D eigenvalue weighted by Crippen LogP contribution is -2.25. The molecule has 0 aliphatic heterocycles. The van der Waals surface area contributed by atoms with Gasteiger partial charge in [0.2, 0.25) is 0 Å². The first kappa shape index (κ1) is 14.0. The average Bonchev–Trinajstić information content (AvgIpc) is 2.12. The van der Waals surface area contributed by atoms with Gasteiger partial charge in [-0.1, -0.05) is 67.2 Å². The maximum atomic E-state index is 2.46. The topological polar surface area (TPSA) is 0 Å². The summed E-state index contributed by atoms with van der Waals surface area (Å²) in [6, 6.07) is 0. The summed E-state index contributed by atoms with van der Waals surface area (Å²) in [7, 11) is 0. The van der Waals surface area contributed by atoms with Crippen molar-refractivity contribution in [1.29, 1.82) is 0 Å². The Morgan fingerprint density at radius 1 is 1.00 bits per heavy atom. The van der Waals surface area contributed by atoms with Crippen molar-refractivity contribution in [3.63, 3.8) is 0 Å². The van der Waals surface area contributed by atoms with Crippen LogP contribution in [-0.4, -0.2) is 0 Å². The molecule has 2 unspecified atom stereocenters. The fourth-order valence-electron chi connectivity index (χ4n) is 2.71. The summed E-state index contributed by atoms with van der Waals surface area (Å²) in [4.78, 5) is 0. The second-order valence-electron chi connectivity index (χ2n) is 5.60. The highest BCUT2D eigenvalue weighted by atomic mass is 14.3. The van der Waals surface area contributed by atoms with Crippen LogP contribution in [-0.2, 0) is 0 Å². The van der Waals surface area contributed by atoms with Crippen LogP contribution in [0.4, 0.5) is 0 Å². The van der Waals surface area contributed by atoms with E-state index in [1.165, 1.54) is 32.1 Å². The van der Waals surface area contributed by atoms with Crippen LogP contribution in [0.3, 0.4) is 0 Å². The molecule has 0 N–H and O–H groups in total. The van der Waals surface area contributed by atoms with Gasteiger partial charge in [0.1, 0.15) is 0 Å². The SMILES string of the molecule is CCCC(CC)C(C)(C)CC(C)CC. The van der Waals surface area contributed by atoms with Gasteiger partial charge in [0.15, 0.2) is 0 Å². The highest BCUT2D eigenvalue weighted by molar-refractivity contribution is 4.79. The second kappa shape index (κ2) is 6.48. The standard InChI is InChI=1S/C14H30/c1-7-10-13(9-3)14(5,6)11-12(4)8-2/h12-13H,7-11H2,1-6H3. The Balaban J connectivity index is 4.24. The minimum absolute atomic E-state index is 0.542. The molecule has 0 aromatic heterocycles. The van der Waals surface area contributed by atoms with E-state index >= 15 is 0 Å². The van der Waals surface area contributed by atoms with E-state index in [0.29, 0.717) is 5.41 Å². The van der Waals surface area contributed by atoms with Crippen LogP contribution in [0.25, 0.3) is 0 Å². The molecule has 14 heavy (non-hydrogen) atoms. The summed E-state index contributed by atoms with van der Waals surface area (Å²) in [5.74, 6) is 1.80. The van der Waals surface area contributed by atoms with Crippen LogP contribution in [0.1, 0.15) is 73.6 Å². The normalized spacial score (nSPS) is 16.7. The molecule has 0 radical (unpaired) electrons. The average molecular weight is 198 g/mol. The smallest absolute Gasteiger partial charge is 0.0323 e. The fraction of sp³-hybridized carbons (Fsp3) is 1.00. The number of rotatable bonds is 7.